The van der Waals surface area contributed by atoms with E-state index in [1.807, 2.05) is 0 Å². The summed E-state index contributed by atoms with van der Waals surface area (Å²) in [7, 11) is -3.64. The van der Waals surface area contributed by atoms with Gasteiger partial charge >= 0.3 is 0 Å². The van der Waals surface area contributed by atoms with Crippen molar-refractivity contribution in [3.63, 3.8) is 0 Å². The highest BCUT2D eigenvalue weighted by atomic mass is 32.2. The van der Waals surface area contributed by atoms with Gasteiger partial charge in [0.05, 0.1) is 4.90 Å². The van der Waals surface area contributed by atoms with Crippen LogP contribution >= 0.6 is 0 Å². The molecule has 1 aliphatic heterocycles. The van der Waals surface area contributed by atoms with Gasteiger partial charge in [0, 0.05) is 31.9 Å². The fourth-order valence-electron chi connectivity index (χ4n) is 3.18. The summed E-state index contributed by atoms with van der Waals surface area (Å²) in [5.74, 6) is -0.472. The standard InChI is InChI=1S/C21H26FN3O4S/c1-3-24-11-13-25(14-12-24)30(27,28)20-6-4-5-18(15-20)23-21(26)16(2)29-19-9-7-17(22)8-10-19/h4-10,15-16H,3,11-14H2,1-2H3,(H,23,26). The van der Waals surface area contributed by atoms with Gasteiger partial charge in [0.25, 0.3) is 5.91 Å². The molecule has 0 radical (unpaired) electrons. The van der Waals surface area contributed by atoms with Gasteiger partial charge in [-0.1, -0.05) is 13.0 Å². The monoisotopic (exact) mass is 435 g/mol. The molecule has 1 heterocycles. The summed E-state index contributed by atoms with van der Waals surface area (Å²) in [5.41, 5.74) is 0.364. The number of halogens is 1. The molecule has 0 spiro atoms. The first-order valence-corrected chi connectivity index (χ1v) is 11.3. The maximum absolute atomic E-state index is 13.0. The van der Waals surface area contributed by atoms with E-state index >= 15 is 0 Å². The first-order chi connectivity index (χ1) is 14.3. The Morgan fingerprint density at radius 1 is 1.13 bits per heavy atom. The third-order valence-electron chi connectivity index (χ3n) is 5.01. The maximum Gasteiger partial charge on any atom is 0.265 e. The molecule has 2 aromatic carbocycles. The Balaban J connectivity index is 1.66. The van der Waals surface area contributed by atoms with Gasteiger partial charge in [-0.3, -0.25) is 4.79 Å². The summed E-state index contributed by atoms with van der Waals surface area (Å²) in [4.78, 5) is 14.8. The fraction of sp³-hybridized carbons (Fsp3) is 0.381. The number of hydrogen-bond donors (Lipinski definition) is 1. The lowest BCUT2D eigenvalue weighted by molar-refractivity contribution is -0.122. The summed E-state index contributed by atoms with van der Waals surface area (Å²) in [6.07, 6.45) is -0.849. The molecule has 30 heavy (non-hydrogen) atoms. The maximum atomic E-state index is 13.0. The SMILES string of the molecule is CCN1CCN(S(=O)(=O)c2cccc(NC(=O)C(C)Oc3ccc(F)cc3)c2)CC1. The van der Waals surface area contributed by atoms with Crippen molar-refractivity contribution in [2.45, 2.75) is 24.8 Å². The number of carbonyl (C=O) groups excluding carboxylic acids is 1. The molecule has 1 unspecified atom stereocenters. The molecule has 1 amide bonds. The van der Waals surface area contributed by atoms with Gasteiger partial charge in [-0.05, 0) is 55.9 Å². The third kappa shape index (κ3) is 5.35. The molecule has 7 nitrogen and oxygen atoms in total. The normalized spacial score (nSPS) is 16.8. The molecule has 1 fully saturated rings. The van der Waals surface area contributed by atoms with Gasteiger partial charge in [0.1, 0.15) is 11.6 Å². The number of piperazine rings is 1. The van der Waals surface area contributed by atoms with Gasteiger partial charge in [-0.25, -0.2) is 12.8 Å². The van der Waals surface area contributed by atoms with Crippen molar-refractivity contribution in [2.24, 2.45) is 0 Å². The molecular weight excluding hydrogens is 409 g/mol. The predicted molar refractivity (Wildman–Crippen MR) is 112 cm³/mol. The Kier molecular flexibility index (Phi) is 7.06. The first-order valence-electron chi connectivity index (χ1n) is 9.85. The van der Waals surface area contributed by atoms with Crippen LogP contribution in [0.25, 0.3) is 0 Å². The Morgan fingerprint density at radius 2 is 1.80 bits per heavy atom. The molecule has 3 rings (SSSR count). The van der Waals surface area contributed by atoms with Crippen molar-refractivity contribution >= 4 is 21.6 Å². The Bertz CT molecular complexity index is 974. The molecular formula is C21H26FN3O4S. The first kappa shape index (κ1) is 22.2. The largest absolute Gasteiger partial charge is 0.481 e. The van der Waals surface area contributed by atoms with Crippen molar-refractivity contribution in [1.29, 1.82) is 0 Å². The molecule has 162 valence electrons. The van der Waals surface area contributed by atoms with Crippen LogP contribution in [-0.4, -0.2) is 62.4 Å². The number of nitrogens with one attached hydrogen (secondary N) is 1. The van der Waals surface area contributed by atoms with Gasteiger partial charge in [-0.15, -0.1) is 0 Å². The lowest BCUT2D eigenvalue weighted by Crippen LogP contribution is -2.48. The number of likely N-dealkylation sites (N-methyl/N-ethyl adjacent to an activating group) is 1. The Morgan fingerprint density at radius 3 is 2.43 bits per heavy atom. The van der Waals surface area contributed by atoms with E-state index in [9.17, 15) is 17.6 Å². The van der Waals surface area contributed by atoms with Crippen LogP contribution in [0.15, 0.2) is 53.4 Å². The molecule has 1 aliphatic rings. The van der Waals surface area contributed by atoms with Crippen molar-refractivity contribution in [3.05, 3.63) is 54.3 Å². The molecule has 1 saturated heterocycles. The van der Waals surface area contributed by atoms with Crippen LogP contribution in [0.3, 0.4) is 0 Å². The number of carbonyl (C=O) groups is 1. The van der Waals surface area contributed by atoms with Crippen LogP contribution in [0.1, 0.15) is 13.8 Å². The van der Waals surface area contributed by atoms with E-state index in [1.54, 1.807) is 19.1 Å². The van der Waals surface area contributed by atoms with E-state index in [0.29, 0.717) is 37.6 Å². The van der Waals surface area contributed by atoms with Crippen molar-refractivity contribution in [2.75, 3.05) is 38.0 Å². The highest BCUT2D eigenvalue weighted by molar-refractivity contribution is 7.89. The van der Waals surface area contributed by atoms with Crippen LogP contribution in [-0.2, 0) is 14.8 Å². The molecule has 0 aromatic heterocycles. The summed E-state index contributed by atoms with van der Waals surface area (Å²) >= 11 is 0. The average molecular weight is 436 g/mol. The lowest BCUT2D eigenvalue weighted by atomic mass is 10.3. The number of nitrogens with zero attached hydrogens (tertiary/aromatic N) is 2. The van der Waals surface area contributed by atoms with E-state index < -0.39 is 27.9 Å². The molecule has 0 bridgehead atoms. The van der Waals surface area contributed by atoms with Crippen LogP contribution in [0.4, 0.5) is 10.1 Å². The minimum absolute atomic E-state index is 0.136. The van der Waals surface area contributed by atoms with E-state index in [0.717, 1.165) is 6.54 Å². The van der Waals surface area contributed by atoms with E-state index in [4.69, 9.17) is 4.74 Å². The minimum Gasteiger partial charge on any atom is -0.481 e. The molecule has 9 heteroatoms. The van der Waals surface area contributed by atoms with Crippen LogP contribution in [0.5, 0.6) is 5.75 Å². The summed E-state index contributed by atoms with van der Waals surface area (Å²) in [6.45, 7) is 6.79. The summed E-state index contributed by atoms with van der Waals surface area (Å²) in [6, 6.07) is 11.5. The second-order valence-corrected chi connectivity index (χ2v) is 9.01. The molecule has 1 N–H and O–H groups in total. The zero-order chi connectivity index (χ0) is 21.7. The van der Waals surface area contributed by atoms with Gasteiger partial charge in [0.15, 0.2) is 6.10 Å². The molecule has 1 atom stereocenters. The Hall–Kier alpha value is -2.49. The Labute approximate surface area is 176 Å². The van der Waals surface area contributed by atoms with Gasteiger partial charge < -0.3 is 15.0 Å². The quantitative estimate of drug-likeness (QED) is 0.723. The highest BCUT2D eigenvalue weighted by Gasteiger charge is 2.28. The number of hydrogen-bond acceptors (Lipinski definition) is 5. The van der Waals surface area contributed by atoms with E-state index in [1.165, 1.54) is 40.7 Å². The van der Waals surface area contributed by atoms with E-state index in [2.05, 4.69) is 17.1 Å². The predicted octanol–water partition coefficient (Wildman–Crippen LogP) is 2.56. The molecule has 0 saturated carbocycles. The van der Waals surface area contributed by atoms with E-state index in [-0.39, 0.29) is 4.90 Å². The number of anilines is 1. The summed E-state index contributed by atoms with van der Waals surface area (Å²) < 4.78 is 45.9. The lowest BCUT2D eigenvalue weighted by Gasteiger charge is -2.33. The average Bonchev–Trinajstić information content (AvgIpc) is 2.75. The molecule has 2 aromatic rings. The third-order valence-corrected chi connectivity index (χ3v) is 6.91. The smallest absolute Gasteiger partial charge is 0.265 e. The number of ether oxygens (including phenoxy) is 1. The second-order valence-electron chi connectivity index (χ2n) is 7.07. The minimum atomic E-state index is -3.64. The topological polar surface area (TPSA) is 79.0 Å². The van der Waals surface area contributed by atoms with Crippen LogP contribution < -0.4 is 10.1 Å². The van der Waals surface area contributed by atoms with Crippen LogP contribution in [0.2, 0.25) is 0 Å². The number of sulfonamides is 1. The number of benzene rings is 2. The van der Waals surface area contributed by atoms with Crippen molar-refractivity contribution in [1.82, 2.24) is 9.21 Å². The van der Waals surface area contributed by atoms with Crippen molar-refractivity contribution < 1.29 is 22.3 Å². The van der Waals surface area contributed by atoms with Gasteiger partial charge in [0.2, 0.25) is 10.0 Å². The second kappa shape index (κ2) is 9.55. The fourth-order valence-corrected chi connectivity index (χ4v) is 4.65. The van der Waals surface area contributed by atoms with Crippen LogP contribution in [0, 0.1) is 5.82 Å². The number of rotatable bonds is 7. The molecule has 0 aliphatic carbocycles. The summed E-state index contributed by atoms with van der Waals surface area (Å²) in [5, 5.41) is 2.68. The highest BCUT2D eigenvalue weighted by Crippen LogP contribution is 2.21. The zero-order valence-corrected chi connectivity index (χ0v) is 17.9. The van der Waals surface area contributed by atoms with Gasteiger partial charge in [-0.2, -0.15) is 4.31 Å². The zero-order valence-electron chi connectivity index (χ0n) is 17.0. The van der Waals surface area contributed by atoms with Crippen molar-refractivity contribution in [3.8, 4) is 5.75 Å². The number of amides is 1.